The molecule has 1 heterocycles. The van der Waals surface area contributed by atoms with E-state index in [1.807, 2.05) is 0 Å². The molecular weight excluding hydrogens is 282 g/mol. The summed E-state index contributed by atoms with van der Waals surface area (Å²) >= 11 is 0. The lowest BCUT2D eigenvalue weighted by Gasteiger charge is -2.35. The van der Waals surface area contributed by atoms with Crippen LogP contribution in [0.2, 0.25) is 0 Å². The second kappa shape index (κ2) is 7.62. The second-order valence-electron chi connectivity index (χ2n) is 6.21. The molecule has 1 aliphatic rings. The molecule has 0 unspecified atom stereocenters. The highest BCUT2D eigenvalue weighted by molar-refractivity contribution is 5.67. The van der Waals surface area contributed by atoms with Gasteiger partial charge in [-0.1, -0.05) is 43.3 Å². The zero-order chi connectivity index (χ0) is 16.1. The summed E-state index contributed by atoms with van der Waals surface area (Å²) in [6.45, 7) is 8.68. The minimum Gasteiger partial charge on any atom is -0.369 e. The maximum Gasteiger partial charge on any atom is 0.0367 e. The highest BCUT2D eigenvalue weighted by Crippen LogP contribution is 2.24. The summed E-state index contributed by atoms with van der Waals surface area (Å²) in [5, 5.41) is 0. The van der Waals surface area contributed by atoms with E-state index in [9.17, 15) is 0 Å². The smallest absolute Gasteiger partial charge is 0.0367 e. The van der Waals surface area contributed by atoms with Crippen molar-refractivity contribution in [1.82, 2.24) is 4.90 Å². The van der Waals surface area contributed by atoms with Crippen LogP contribution in [0.15, 0.2) is 48.5 Å². The van der Waals surface area contributed by atoms with Crippen molar-refractivity contribution in [2.45, 2.75) is 13.3 Å². The molecule has 23 heavy (non-hydrogen) atoms. The highest BCUT2D eigenvalue weighted by atomic mass is 15.3. The van der Waals surface area contributed by atoms with Crippen LogP contribution in [-0.4, -0.2) is 44.2 Å². The number of hydrogen-bond donors (Lipinski definition) is 1. The van der Waals surface area contributed by atoms with Crippen LogP contribution in [0.25, 0.3) is 11.1 Å². The van der Waals surface area contributed by atoms with Crippen LogP contribution in [-0.2, 0) is 6.42 Å². The highest BCUT2D eigenvalue weighted by Gasteiger charge is 2.15. The largest absolute Gasteiger partial charge is 0.369 e. The van der Waals surface area contributed by atoms with Crippen LogP contribution in [0.4, 0.5) is 5.69 Å². The van der Waals surface area contributed by atoms with Crippen LogP contribution in [0, 0.1) is 0 Å². The van der Waals surface area contributed by atoms with Gasteiger partial charge >= 0.3 is 0 Å². The number of piperazine rings is 1. The summed E-state index contributed by atoms with van der Waals surface area (Å²) in [7, 11) is 0. The monoisotopic (exact) mass is 309 g/mol. The molecule has 1 saturated heterocycles. The maximum atomic E-state index is 5.66. The Morgan fingerprint density at radius 2 is 1.65 bits per heavy atom. The quantitative estimate of drug-likeness (QED) is 0.921. The first-order valence-electron chi connectivity index (χ1n) is 8.67. The topological polar surface area (TPSA) is 32.5 Å². The Labute approximate surface area is 139 Å². The van der Waals surface area contributed by atoms with Gasteiger partial charge in [-0.05, 0) is 48.3 Å². The molecule has 122 valence electrons. The van der Waals surface area contributed by atoms with E-state index in [1.165, 1.54) is 35.5 Å². The van der Waals surface area contributed by atoms with E-state index < -0.39 is 0 Å². The molecule has 2 N–H and O–H groups in total. The van der Waals surface area contributed by atoms with E-state index in [0.717, 1.165) is 26.1 Å². The first-order valence-corrected chi connectivity index (χ1v) is 8.67. The molecule has 0 spiro atoms. The molecule has 0 bridgehead atoms. The lowest BCUT2D eigenvalue weighted by atomic mass is 10.0. The predicted molar refractivity (Wildman–Crippen MR) is 99.0 cm³/mol. The molecule has 3 heteroatoms. The van der Waals surface area contributed by atoms with Crippen molar-refractivity contribution < 1.29 is 0 Å². The van der Waals surface area contributed by atoms with Crippen molar-refractivity contribution >= 4 is 5.69 Å². The Kier molecular flexibility index (Phi) is 5.31. The van der Waals surface area contributed by atoms with Gasteiger partial charge in [-0.3, -0.25) is 0 Å². The molecule has 3 rings (SSSR count). The van der Waals surface area contributed by atoms with Crippen molar-refractivity contribution in [2.75, 3.05) is 44.2 Å². The number of nitrogens with zero attached hydrogens (tertiary/aromatic N) is 2. The Morgan fingerprint density at radius 3 is 2.30 bits per heavy atom. The zero-order valence-electron chi connectivity index (χ0n) is 14.0. The third-order valence-corrected chi connectivity index (χ3v) is 4.75. The van der Waals surface area contributed by atoms with E-state index in [2.05, 4.69) is 65.3 Å². The van der Waals surface area contributed by atoms with Crippen LogP contribution in [0.3, 0.4) is 0 Å². The van der Waals surface area contributed by atoms with E-state index in [-0.39, 0.29) is 0 Å². The third-order valence-electron chi connectivity index (χ3n) is 4.75. The summed E-state index contributed by atoms with van der Waals surface area (Å²) in [6, 6.07) is 17.7. The minimum atomic E-state index is 0.701. The molecule has 0 saturated carbocycles. The zero-order valence-corrected chi connectivity index (χ0v) is 14.0. The van der Waals surface area contributed by atoms with Gasteiger partial charge in [0, 0.05) is 31.9 Å². The van der Waals surface area contributed by atoms with Crippen LogP contribution < -0.4 is 10.6 Å². The Hall–Kier alpha value is -1.84. The lowest BCUT2D eigenvalue weighted by Crippen LogP contribution is -2.46. The van der Waals surface area contributed by atoms with E-state index in [0.29, 0.717) is 6.54 Å². The maximum absolute atomic E-state index is 5.66. The van der Waals surface area contributed by atoms with Gasteiger partial charge in [0.05, 0.1) is 0 Å². The van der Waals surface area contributed by atoms with Crippen LogP contribution in [0.5, 0.6) is 0 Å². The van der Waals surface area contributed by atoms with Crippen LogP contribution >= 0.6 is 0 Å². The van der Waals surface area contributed by atoms with Crippen molar-refractivity contribution in [2.24, 2.45) is 5.73 Å². The molecule has 2 aromatic rings. The molecule has 0 aliphatic carbocycles. The fourth-order valence-electron chi connectivity index (χ4n) is 3.26. The van der Waals surface area contributed by atoms with E-state index in [1.54, 1.807) is 0 Å². The number of nitrogens with two attached hydrogens (primary N) is 1. The normalized spacial score (nSPS) is 15.8. The number of likely N-dealkylation sites (N-methyl/N-ethyl adjacent to an activating group) is 1. The molecule has 2 aromatic carbocycles. The summed E-state index contributed by atoms with van der Waals surface area (Å²) in [5.74, 6) is 0. The number of rotatable bonds is 5. The van der Waals surface area contributed by atoms with Gasteiger partial charge in [-0.2, -0.15) is 0 Å². The SMILES string of the molecule is CCN1CCN(c2ccc(-c3cccc(CCN)c3)cc2)CC1. The Morgan fingerprint density at radius 1 is 0.913 bits per heavy atom. The average molecular weight is 309 g/mol. The van der Waals surface area contributed by atoms with Gasteiger partial charge in [0.25, 0.3) is 0 Å². The Bertz CT molecular complexity index is 613. The average Bonchev–Trinajstić information content (AvgIpc) is 2.62. The van der Waals surface area contributed by atoms with Crippen LogP contribution in [0.1, 0.15) is 12.5 Å². The van der Waals surface area contributed by atoms with Crippen molar-refractivity contribution in [3.05, 3.63) is 54.1 Å². The molecule has 1 fully saturated rings. The fraction of sp³-hybridized carbons (Fsp3) is 0.400. The summed E-state index contributed by atoms with van der Waals surface area (Å²) in [6.07, 6.45) is 0.938. The fourth-order valence-corrected chi connectivity index (χ4v) is 3.26. The van der Waals surface area contributed by atoms with Gasteiger partial charge in [0.15, 0.2) is 0 Å². The lowest BCUT2D eigenvalue weighted by molar-refractivity contribution is 0.271. The van der Waals surface area contributed by atoms with Gasteiger partial charge < -0.3 is 15.5 Å². The van der Waals surface area contributed by atoms with E-state index >= 15 is 0 Å². The molecule has 0 atom stereocenters. The summed E-state index contributed by atoms with van der Waals surface area (Å²) in [5.41, 5.74) is 10.9. The van der Waals surface area contributed by atoms with Gasteiger partial charge in [0.2, 0.25) is 0 Å². The molecular formula is C20H27N3. The standard InChI is InChI=1S/C20H27N3/c1-2-22-12-14-23(15-13-22)20-8-6-18(7-9-20)19-5-3-4-17(16-19)10-11-21/h3-9,16H,2,10-15,21H2,1H3. The van der Waals surface area contributed by atoms with Crippen molar-refractivity contribution in [1.29, 1.82) is 0 Å². The number of anilines is 1. The molecule has 0 amide bonds. The van der Waals surface area contributed by atoms with Crippen molar-refractivity contribution in [3.63, 3.8) is 0 Å². The van der Waals surface area contributed by atoms with Gasteiger partial charge in [-0.15, -0.1) is 0 Å². The first kappa shape index (κ1) is 16.0. The minimum absolute atomic E-state index is 0.701. The second-order valence-corrected chi connectivity index (χ2v) is 6.21. The first-order chi connectivity index (χ1) is 11.3. The number of hydrogen-bond acceptors (Lipinski definition) is 3. The number of benzene rings is 2. The summed E-state index contributed by atoms with van der Waals surface area (Å²) < 4.78 is 0. The van der Waals surface area contributed by atoms with E-state index in [4.69, 9.17) is 5.73 Å². The molecule has 0 aromatic heterocycles. The third kappa shape index (κ3) is 3.92. The molecule has 3 nitrogen and oxygen atoms in total. The Balaban J connectivity index is 1.71. The summed E-state index contributed by atoms with van der Waals surface area (Å²) in [4.78, 5) is 4.99. The predicted octanol–water partition coefficient (Wildman–Crippen LogP) is 3.00. The molecule has 0 radical (unpaired) electrons. The van der Waals surface area contributed by atoms with Gasteiger partial charge in [-0.25, -0.2) is 0 Å². The molecule has 1 aliphatic heterocycles. The van der Waals surface area contributed by atoms with Gasteiger partial charge in [0.1, 0.15) is 0 Å². The van der Waals surface area contributed by atoms with Crippen molar-refractivity contribution in [3.8, 4) is 11.1 Å².